The van der Waals surface area contributed by atoms with E-state index >= 15 is 0 Å². The molecule has 102 valence electrons. The predicted octanol–water partition coefficient (Wildman–Crippen LogP) is 2.63. The Morgan fingerprint density at radius 3 is 2.44 bits per heavy atom. The Hall–Kier alpha value is -1.14. The molecule has 0 spiro atoms. The molecule has 0 saturated carbocycles. The summed E-state index contributed by atoms with van der Waals surface area (Å²) in [6.07, 6.45) is -2.39. The first kappa shape index (κ1) is 14.9. The molecule has 2 nitrogen and oxygen atoms in total. The van der Waals surface area contributed by atoms with Gasteiger partial charge < -0.3 is 10.4 Å². The highest BCUT2D eigenvalue weighted by atomic mass is 19.3. The average molecular weight is 265 g/mol. The number of hydrogen-bond donors (Lipinski definition) is 2. The predicted molar refractivity (Wildman–Crippen MR) is 59.4 cm³/mol. The Kier molecular flexibility index (Phi) is 4.70. The van der Waals surface area contributed by atoms with E-state index in [9.17, 15) is 22.7 Å². The number of hydrogen-bond acceptors (Lipinski definition) is 2. The molecular weight excluding hydrogens is 250 g/mol. The van der Waals surface area contributed by atoms with Crippen molar-refractivity contribution in [3.05, 3.63) is 35.4 Å². The number of halogens is 4. The van der Waals surface area contributed by atoms with Crippen molar-refractivity contribution < 1.29 is 22.7 Å². The second-order valence-corrected chi connectivity index (χ2v) is 4.37. The van der Waals surface area contributed by atoms with Gasteiger partial charge in [-0.3, -0.25) is 0 Å². The molecule has 1 atom stereocenters. The summed E-state index contributed by atoms with van der Waals surface area (Å²) in [5.41, 5.74) is -0.745. The first-order valence-electron chi connectivity index (χ1n) is 5.48. The molecule has 18 heavy (non-hydrogen) atoms. The molecule has 1 rings (SSSR count). The van der Waals surface area contributed by atoms with Gasteiger partial charge in [0.15, 0.2) is 0 Å². The Bertz CT molecular complexity index is 409. The molecule has 2 N–H and O–H groups in total. The molecular formula is C12H15F4NO. The van der Waals surface area contributed by atoms with E-state index in [2.05, 4.69) is 5.32 Å². The summed E-state index contributed by atoms with van der Waals surface area (Å²) in [5, 5.41) is 11.9. The van der Waals surface area contributed by atoms with Crippen LogP contribution in [0, 0.1) is 11.6 Å². The SMILES string of the molecule is CC(C)NCC(F)(F)C(O)c1cc(F)ccc1F. The van der Waals surface area contributed by atoms with E-state index in [0.717, 1.165) is 6.07 Å². The number of aliphatic hydroxyl groups is 1. The Morgan fingerprint density at radius 2 is 1.89 bits per heavy atom. The third-order valence-corrected chi connectivity index (χ3v) is 2.40. The van der Waals surface area contributed by atoms with Crippen molar-refractivity contribution in [2.75, 3.05) is 6.54 Å². The zero-order chi connectivity index (χ0) is 13.9. The molecule has 0 aliphatic rings. The van der Waals surface area contributed by atoms with Gasteiger partial charge in [0, 0.05) is 11.6 Å². The smallest absolute Gasteiger partial charge is 0.289 e. The monoisotopic (exact) mass is 265 g/mol. The van der Waals surface area contributed by atoms with Gasteiger partial charge in [-0.2, -0.15) is 0 Å². The molecule has 1 aromatic carbocycles. The summed E-state index contributed by atoms with van der Waals surface area (Å²) in [5.74, 6) is -5.52. The van der Waals surface area contributed by atoms with Gasteiger partial charge in [0.2, 0.25) is 0 Å². The minimum absolute atomic E-state index is 0.208. The van der Waals surface area contributed by atoms with E-state index in [4.69, 9.17) is 0 Å². The summed E-state index contributed by atoms with van der Waals surface area (Å²) in [7, 11) is 0. The van der Waals surface area contributed by atoms with Crippen molar-refractivity contribution >= 4 is 0 Å². The summed E-state index contributed by atoms with van der Waals surface area (Å²) in [6, 6.07) is 1.87. The lowest BCUT2D eigenvalue weighted by atomic mass is 10.0. The zero-order valence-corrected chi connectivity index (χ0v) is 10.1. The molecule has 0 aliphatic carbocycles. The number of benzene rings is 1. The minimum atomic E-state index is -3.58. The number of nitrogens with one attached hydrogen (secondary N) is 1. The maximum Gasteiger partial charge on any atom is 0.289 e. The number of aliphatic hydroxyl groups excluding tert-OH is 1. The first-order chi connectivity index (χ1) is 8.24. The first-order valence-corrected chi connectivity index (χ1v) is 5.48. The third-order valence-electron chi connectivity index (χ3n) is 2.40. The fourth-order valence-electron chi connectivity index (χ4n) is 1.39. The molecule has 0 aliphatic heterocycles. The van der Waals surface area contributed by atoms with Crippen LogP contribution >= 0.6 is 0 Å². The highest BCUT2D eigenvalue weighted by Gasteiger charge is 2.40. The van der Waals surface area contributed by atoms with Gasteiger partial charge in [0.25, 0.3) is 5.92 Å². The van der Waals surface area contributed by atoms with Crippen LogP contribution in [-0.4, -0.2) is 23.6 Å². The van der Waals surface area contributed by atoms with E-state index < -0.39 is 35.8 Å². The molecule has 0 radical (unpaired) electrons. The van der Waals surface area contributed by atoms with Gasteiger partial charge in [-0.15, -0.1) is 0 Å². The molecule has 0 fully saturated rings. The standard InChI is InChI=1S/C12H15F4NO/c1-7(2)17-6-12(15,16)11(18)9-5-8(13)3-4-10(9)14/h3-5,7,11,17-18H,6H2,1-2H3. The summed E-state index contributed by atoms with van der Waals surface area (Å²) >= 11 is 0. The van der Waals surface area contributed by atoms with Crippen LogP contribution in [0.1, 0.15) is 25.5 Å². The molecule has 1 aromatic rings. The molecule has 1 unspecified atom stereocenters. The molecule has 6 heteroatoms. The quantitative estimate of drug-likeness (QED) is 0.802. The Balaban J connectivity index is 2.90. The lowest BCUT2D eigenvalue weighted by Crippen LogP contribution is -2.41. The lowest BCUT2D eigenvalue weighted by molar-refractivity contribution is -0.110. The van der Waals surface area contributed by atoms with Crippen LogP contribution in [0.5, 0.6) is 0 Å². The van der Waals surface area contributed by atoms with Gasteiger partial charge in [0.1, 0.15) is 17.7 Å². The summed E-state index contributed by atoms with van der Waals surface area (Å²) in [6.45, 7) is 2.50. The van der Waals surface area contributed by atoms with Crippen molar-refractivity contribution in [3.63, 3.8) is 0 Å². The third kappa shape index (κ3) is 3.68. The van der Waals surface area contributed by atoms with E-state index in [1.165, 1.54) is 0 Å². The van der Waals surface area contributed by atoms with Gasteiger partial charge >= 0.3 is 0 Å². The maximum atomic E-state index is 13.6. The number of rotatable bonds is 5. The van der Waals surface area contributed by atoms with E-state index in [1.807, 2.05) is 0 Å². The highest BCUT2D eigenvalue weighted by molar-refractivity contribution is 5.23. The van der Waals surface area contributed by atoms with Crippen molar-refractivity contribution in [2.45, 2.75) is 31.9 Å². The van der Waals surface area contributed by atoms with E-state index in [0.29, 0.717) is 12.1 Å². The fourth-order valence-corrected chi connectivity index (χ4v) is 1.39. The van der Waals surface area contributed by atoms with Crippen LogP contribution in [0.4, 0.5) is 17.6 Å². The summed E-state index contributed by atoms with van der Waals surface area (Å²) in [4.78, 5) is 0. The normalized spacial score (nSPS) is 14.0. The van der Waals surface area contributed by atoms with Crippen LogP contribution in [0.3, 0.4) is 0 Å². The molecule has 0 aromatic heterocycles. The van der Waals surface area contributed by atoms with Crippen LogP contribution in [0.15, 0.2) is 18.2 Å². The average Bonchev–Trinajstić information content (AvgIpc) is 2.29. The zero-order valence-electron chi connectivity index (χ0n) is 10.1. The molecule has 0 saturated heterocycles. The van der Waals surface area contributed by atoms with Crippen LogP contribution < -0.4 is 5.32 Å². The maximum absolute atomic E-state index is 13.6. The fraction of sp³-hybridized carbons (Fsp3) is 0.500. The second-order valence-electron chi connectivity index (χ2n) is 4.37. The van der Waals surface area contributed by atoms with Crippen LogP contribution in [0.2, 0.25) is 0 Å². The van der Waals surface area contributed by atoms with Crippen molar-refractivity contribution in [1.29, 1.82) is 0 Å². The van der Waals surface area contributed by atoms with Gasteiger partial charge in [-0.05, 0) is 18.2 Å². The van der Waals surface area contributed by atoms with Crippen LogP contribution in [-0.2, 0) is 0 Å². The largest absolute Gasteiger partial charge is 0.382 e. The van der Waals surface area contributed by atoms with Gasteiger partial charge in [-0.25, -0.2) is 17.6 Å². The van der Waals surface area contributed by atoms with Crippen LogP contribution in [0.25, 0.3) is 0 Å². The van der Waals surface area contributed by atoms with Crippen molar-refractivity contribution in [2.24, 2.45) is 0 Å². The van der Waals surface area contributed by atoms with E-state index in [-0.39, 0.29) is 6.04 Å². The summed E-state index contributed by atoms with van der Waals surface area (Å²) < 4.78 is 53.3. The molecule has 0 heterocycles. The van der Waals surface area contributed by atoms with Crippen molar-refractivity contribution in [3.8, 4) is 0 Å². The van der Waals surface area contributed by atoms with E-state index in [1.54, 1.807) is 13.8 Å². The molecule has 0 amide bonds. The van der Waals surface area contributed by atoms with Gasteiger partial charge in [0.05, 0.1) is 6.54 Å². The molecule has 0 bridgehead atoms. The Morgan fingerprint density at radius 1 is 1.28 bits per heavy atom. The topological polar surface area (TPSA) is 32.3 Å². The number of alkyl halides is 2. The van der Waals surface area contributed by atoms with Gasteiger partial charge in [-0.1, -0.05) is 13.8 Å². The van der Waals surface area contributed by atoms with Crippen molar-refractivity contribution in [1.82, 2.24) is 5.32 Å². The lowest BCUT2D eigenvalue weighted by Gasteiger charge is -2.24. The minimum Gasteiger partial charge on any atom is -0.382 e. The highest BCUT2D eigenvalue weighted by Crippen LogP contribution is 2.32. The second kappa shape index (κ2) is 5.67. The Labute approximate surface area is 103 Å².